The van der Waals surface area contributed by atoms with Gasteiger partial charge in [-0.15, -0.1) is 0 Å². The fraction of sp³-hybridized carbons (Fsp3) is 0.125. The van der Waals surface area contributed by atoms with E-state index in [1.54, 1.807) is 6.20 Å². The lowest BCUT2D eigenvalue weighted by atomic mass is 10.1. The van der Waals surface area contributed by atoms with Gasteiger partial charge in [0, 0.05) is 23.9 Å². The molecular weight excluding hydrogens is 847 g/mol. The second-order valence-electron chi connectivity index (χ2n) is 8.35. The molecule has 186 valence electrons. The van der Waals surface area contributed by atoms with Gasteiger partial charge in [-0.25, -0.2) is 24.9 Å². The lowest BCUT2D eigenvalue weighted by Gasteiger charge is -2.05. The molecule has 6 aromatic rings. The summed E-state index contributed by atoms with van der Waals surface area (Å²) < 4.78 is 8.06. The van der Waals surface area contributed by atoms with Crippen molar-refractivity contribution >= 4 is 97.6 Å². The van der Waals surface area contributed by atoms with Crippen LogP contribution >= 0.6 is 86.3 Å². The number of hydrogen-bond acceptors (Lipinski definition) is 5. The zero-order valence-corrected chi connectivity index (χ0v) is 27.2. The molecule has 0 spiro atoms. The molecule has 0 saturated heterocycles. The maximum atomic E-state index is 4.50. The number of imidazole rings is 3. The topological polar surface area (TPSA) is 89.1 Å². The first-order chi connectivity index (χ1) is 17.9. The average Bonchev–Trinajstić information content (AvgIpc) is 3.27. The van der Waals surface area contributed by atoms with Crippen LogP contribution in [0.25, 0.3) is 33.8 Å². The van der Waals surface area contributed by atoms with E-state index in [-0.39, 0.29) is 0 Å². The minimum Gasteiger partial charge on any atom is -0.342 e. The highest BCUT2D eigenvalue weighted by Crippen LogP contribution is 2.39. The van der Waals surface area contributed by atoms with Crippen LogP contribution in [0.2, 0.25) is 0 Å². The molecule has 8 nitrogen and oxygen atoms in total. The number of halogens is 5. The van der Waals surface area contributed by atoms with E-state index in [2.05, 4.69) is 140 Å². The van der Waals surface area contributed by atoms with E-state index < -0.39 is 0 Å². The Kier molecular flexibility index (Phi) is 7.24. The molecule has 0 bridgehead atoms. The lowest BCUT2D eigenvalue weighted by molar-refractivity contribution is 0.977. The van der Waals surface area contributed by atoms with Gasteiger partial charge in [-0.1, -0.05) is 24.3 Å². The molecule has 5 aromatic heterocycles. The van der Waals surface area contributed by atoms with Crippen molar-refractivity contribution in [2.24, 2.45) is 0 Å². The van der Waals surface area contributed by atoms with Crippen LogP contribution in [0.3, 0.4) is 0 Å². The third-order valence-corrected chi connectivity index (χ3v) is 8.48. The van der Waals surface area contributed by atoms with Crippen LogP contribution in [0.4, 0.5) is 0 Å². The molecule has 1 aliphatic rings. The van der Waals surface area contributed by atoms with Crippen molar-refractivity contribution in [2.75, 3.05) is 0 Å². The fourth-order valence-electron chi connectivity index (χ4n) is 3.90. The summed E-state index contributed by atoms with van der Waals surface area (Å²) in [7, 11) is 0. The van der Waals surface area contributed by atoms with E-state index in [1.165, 1.54) is 12.8 Å². The van der Waals surface area contributed by atoms with E-state index in [0.29, 0.717) is 5.92 Å². The normalized spacial score (nSPS) is 13.2. The van der Waals surface area contributed by atoms with Gasteiger partial charge in [0.25, 0.3) is 0 Å². The number of benzene rings is 1. The first kappa shape index (κ1) is 25.6. The fourth-order valence-corrected chi connectivity index (χ4v) is 6.62. The molecule has 0 unspecified atom stereocenters. The Bertz CT molecular complexity index is 1750. The summed E-state index contributed by atoms with van der Waals surface area (Å²) in [5.41, 5.74) is 5.96. The smallest absolute Gasteiger partial charge is 0.171 e. The van der Waals surface area contributed by atoms with Gasteiger partial charge in [0.2, 0.25) is 0 Å². The standard InChI is InChI=1S/C18H13Br2N5.C6H2Br2IN3/c19-15-9-25-14(8-22-18(25)16(20)24-15)11-3-1-10(2-4-11)13-7-21-17(23-13)12-5-6-12;7-3-2-12-4(9)1-10-6(12)5(8)11-3/h1-4,7-9,12H,5-6H2,(H,21,23);1-2H. The first-order valence-corrected chi connectivity index (χ1v) is 15.3. The Hall–Kier alpha value is -1.68. The lowest BCUT2D eigenvalue weighted by Crippen LogP contribution is -1.92. The summed E-state index contributed by atoms with van der Waals surface area (Å²) in [5, 5.41) is 0. The number of nitrogens with zero attached hydrogens (tertiary/aromatic N) is 7. The van der Waals surface area contributed by atoms with E-state index in [9.17, 15) is 0 Å². The van der Waals surface area contributed by atoms with Crippen LogP contribution in [-0.2, 0) is 0 Å². The van der Waals surface area contributed by atoms with Crippen molar-refractivity contribution in [3.63, 3.8) is 0 Å². The predicted molar refractivity (Wildman–Crippen MR) is 164 cm³/mol. The molecule has 1 saturated carbocycles. The predicted octanol–water partition coefficient (Wildman–Crippen LogP) is 8.05. The van der Waals surface area contributed by atoms with Crippen LogP contribution in [0.5, 0.6) is 0 Å². The van der Waals surface area contributed by atoms with Crippen LogP contribution < -0.4 is 0 Å². The summed E-state index contributed by atoms with van der Waals surface area (Å²) in [6.07, 6.45) is 11.9. The second-order valence-corrected chi connectivity index (χ2v) is 12.6. The third kappa shape index (κ3) is 5.29. The van der Waals surface area contributed by atoms with Crippen molar-refractivity contribution < 1.29 is 0 Å². The number of fused-ring (bicyclic) bond motifs is 2. The van der Waals surface area contributed by atoms with Gasteiger partial charge in [0.05, 0.1) is 30.0 Å². The number of rotatable bonds is 3. The minimum absolute atomic E-state index is 0.636. The van der Waals surface area contributed by atoms with E-state index in [4.69, 9.17) is 0 Å². The van der Waals surface area contributed by atoms with Gasteiger partial charge < -0.3 is 4.98 Å². The number of aromatic nitrogens is 8. The van der Waals surface area contributed by atoms with E-state index in [1.807, 2.05) is 33.6 Å². The SMILES string of the molecule is Brc1cn2c(-c3ccc(-c4cnc(C5CC5)[nH]4)cc3)cnc2c(Br)n1.Brc1cn2c(I)cnc2c(Br)n1. The molecule has 0 atom stereocenters. The van der Waals surface area contributed by atoms with Gasteiger partial charge in [0.15, 0.2) is 20.5 Å². The number of hydrogen-bond donors (Lipinski definition) is 1. The first-order valence-electron chi connectivity index (χ1n) is 11.1. The molecule has 1 N–H and O–H groups in total. The van der Waals surface area contributed by atoms with Crippen LogP contribution in [0.1, 0.15) is 24.6 Å². The molecule has 0 amide bonds. The van der Waals surface area contributed by atoms with Gasteiger partial charge in [-0.2, -0.15) is 0 Å². The zero-order valence-electron chi connectivity index (χ0n) is 18.7. The molecule has 1 fully saturated rings. The molecular formula is C24H15Br4IN8. The van der Waals surface area contributed by atoms with Crippen molar-refractivity contribution in [3.8, 4) is 22.5 Å². The third-order valence-electron chi connectivity index (χ3n) is 5.85. The van der Waals surface area contributed by atoms with Crippen molar-refractivity contribution in [2.45, 2.75) is 18.8 Å². The molecule has 0 radical (unpaired) electrons. The summed E-state index contributed by atoms with van der Waals surface area (Å²) >= 11 is 15.8. The number of nitrogens with one attached hydrogen (secondary N) is 1. The number of H-pyrrole nitrogens is 1. The summed E-state index contributed by atoms with van der Waals surface area (Å²) in [6.45, 7) is 0. The van der Waals surface area contributed by atoms with Crippen LogP contribution in [0, 0.1) is 3.70 Å². The molecule has 37 heavy (non-hydrogen) atoms. The number of aromatic amines is 1. The van der Waals surface area contributed by atoms with Crippen molar-refractivity contribution in [1.29, 1.82) is 0 Å². The van der Waals surface area contributed by atoms with Gasteiger partial charge >= 0.3 is 0 Å². The Morgan fingerprint density at radius 1 is 0.757 bits per heavy atom. The Morgan fingerprint density at radius 3 is 2.03 bits per heavy atom. The highest BCUT2D eigenvalue weighted by Gasteiger charge is 2.26. The Balaban J connectivity index is 0.000000176. The molecule has 7 rings (SSSR count). The molecule has 0 aliphatic heterocycles. The van der Waals surface area contributed by atoms with Crippen molar-refractivity contribution in [1.82, 2.24) is 38.7 Å². The van der Waals surface area contributed by atoms with Gasteiger partial charge in [-0.05, 0) is 105 Å². The average molecular weight is 862 g/mol. The molecule has 13 heteroatoms. The molecule has 1 aliphatic carbocycles. The van der Waals surface area contributed by atoms with Gasteiger partial charge in [0.1, 0.15) is 18.7 Å². The van der Waals surface area contributed by atoms with Crippen LogP contribution in [-0.4, -0.2) is 38.7 Å². The molecule has 1 aromatic carbocycles. The summed E-state index contributed by atoms with van der Waals surface area (Å²) in [5.74, 6) is 1.75. The van der Waals surface area contributed by atoms with Gasteiger partial charge in [-0.3, -0.25) is 8.80 Å². The van der Waals surface area contributed by atoms with E-state index >= 15 is 0 Å². The zero-order chi connectivity index (χ0) is 25.7. The van der Waals surface area contributed by atoms with E-state index in [0.717, 1.165) is 61.7 Å². The molecule has 5 heterocycles. The highest BCUT2D eigenvalue weighted by atomic mass is 127. The summed E-state index contributed by atoms with van der Waals surface area (Å²) in [4.78, 5) is 25.1. The van der Waals surface area contributed by atoms with Crippen molar-refractivity contribution in [3.05, 3.63) is 83.2 Å². The minimum atomic E-state index is 0.636. The highest BCUT2D eigenvalue weighted by molar-refractivity contribution is 14.1. The second kappa shape index (κ2) is 10.5. The largest absolute Gasteiger partial charge is 0.342 e. The summed E-state index contributed by atoms with van der Waals surface area (Å²) in [6, 6.07) is 8.45. The quantitative estimate of drug-likeness (QED) is 0.182. The maximum Gasteiger partial charge on any atom is 0.171 e. The monoisotopic (exact) mass is 858 g/mol. The Morgan fingerprint density at radius 2 is 1.35 bits per heavy atom. The van der Waals surface area contributed by atoms with Crippen LogP contribution in [0.15, 0.2) is 73.7 Å². The Labute approximate surface area is 258 Å². The maximum absolute atomic E-state index is 4.50.